The lowest BCUT2D eigenvalue weighted by Gasteiger charge is -1.99. The smallest absolute Gasteiger partial charge is 0.204 e. The Morgan fingerprint density at radius 2 is 2.14 bits per heavy atom. The highest BCUT2D eigenvalue weighted by molar-refractivity contribution is 9.10. The van der Waals surface area contributed by atoms with Crippen LogP contribution >= 0.6 is 15.9 Å². The average molecular weight is 348 g/mol. The van der Waals surface area contributed by atoms with Crippen LogP contribution in [0, 0.1) is 12.7 Å². The number of hydrogen-bond donors (Lipinski definition) is 0. The lowest BCUT2D eigenvalue weighted by molar-refractivity contribution is 0.0966. The number of pyridine rings is 1. The molecule has 1 aromatic carbocycles. The maximum absolute atomic E-state index is 13.3. The van der Waals surface area contributed by atoms with Gasteiger partial charge in [0.2, 0.25) is 5.78 Å². The molecule has 0 radical (unpaired) electrons. The molecular weight excluding hydrogens is 337 g/mol. The number of carbonyl (C=O) groups is 1. The van der Waals surface area contributed by atoms with Gasteiger partial charge >= 0.3 is 0 Å². The molecule has 0 bridgehead atoms. The molecular formula is C16H11BrFNO2. The molecule has 21 heavy (non-hydrogen) atoms. The maximum Gasteiger partial charge on any atom is 0.204 e. The molecule has 0 amide bonds. The van der Waals surface area contributed by atoms with E-state index in [0.29, 0.717) is 22.2 Å². The highest BCUT2D eigenvalue weighted by atomic mass is 79.9. The molecule has 3 rings (SSSR count). The number of aryl methyl sites for hydroxylation is 1. The molecule has 106 valence electrons. The van der Waals surface area contributed by atoms with Gasteiger partial charge in [-0.25, -0.2) is 4.39 Å². The van der Waals surface area contributed by atoms with Crippen molar-refractivity contribution in [2.75, 3.05) is 0 Å². The van der Waals surface area contributed by atoms with Crippen LogP contribution in [0.2, 0.25) is 0 Å². The zero-order valence-corrected chi connectivity index (χ0v) is 12.8. The number of Topliss-reactive ketones (excluding diaryl/α,β-unsaturated/α-hetero) is 1. The van der Waals surface area contributed by atoms with Crippen molar-refractivity contribution in [3.05, 3.63) is 63.8 Å². The minimum absolute atomic E-state index is 0.149. The van der Waals surface area contributed by atoms with Gasteiger partial charge in [-0.2, -0.15) is 0 Å². The van der Waals surface area contributed by atoms with E-state index in [1.54, 1.807) is 19.2 Å². The SMILES string of the molecule is Cc1c(C(=O)Cc2ccc(Br)cn2)oc2ccc(F)cc12. The first kappa shape index (κ1) is 13.9. The monoisotopic (exact) mass is 347 g/mol. The van der Waals surface area contributed by atoms with Crippen molar-refractivity contribution < 1.29 is 13.6 Å². The number of ketones is 1. The number of halogens is 2. The van der Waals surface area contributed by atoms with E-state index >= 15 is 0 Å². The number of aromatic nitrogens is 1. The van der Waals surface area contributed by atoms with Gasteiger partial charge in [-0.15, -0.1) is 0 Å². The van der Waals surface area contributed by atoms with Crippen LogP contribution in [0.1, 0.15) is 21.8 Å². The second kappa shape index (κ2) is 5.41. The van der Waals surface area contributed by atoms with E-state index in [1.807, 2.05) is 6.07 Å². The van der Waals surface area contributed by atoms with Gasteiger partial charge in [0.05, 0.1) is 6.42 Å². The number of hydrogen-bond acceptors (Lipinski definition) is 3. The summed E-state index contributed by atoms with van der Waals surface area (Å²) in [5, 5.41) is 0.627. The van der Waals surface area contributed by atoms with Gasteiger partial charge in [0, 0.05) is 27.3 Å². The lowest BCUT2D eigenvalue weighted by atomic mass is 10.1. The molecule has 0 fully saturated rings. The summed E-state index contributed by atoms with van der Waals surface area (Å²) in [5.41, 5.74) is 1.84. The average Bonchev–Trinajstić information content (AvgIpc) is 2.79. The Balaban J connectivity index is 1.94. The Kier molecular flexibility index (Phi) is 3.59. The van der Waals surface area contributed by atoms with E-state index in [4.69, 9.17) is 4.42 Å². The number of furan rings is 1. The normalized spacial score (nSPS) is 11.0. The first-order valence-electron chi connectivity index (χ1n) is 6.37. The van der Waals surface area contributed by atoms with Crippen LogP contribution in [0.4, 0.5) is 4.39 Å². The van der Waals surface area contributed by atoms with Crippen molar-refractivity contribution in [2.45, 2.75) is 13.3 Å². The van der Waals surface area contributed by atoms with E-state index in [2.05, 4.69) is 20.9 Å². The molecule has 2 aromatic heterocycles. The Bertz CT molecular complexity index is 824. The van der Waals surface area contributed by atoms with E-state index in [-0.39, 0.29) is 23.8 Å². The molecule has 0 aliphatic rings. The first-order chi connectivity index (χ1) is 10.0. The van der Waals surface area contributed by atoms with Crippen LogP contribution in [0.5, 0.6) is 0 Å². The topological polar surface area (TPSA) is 43.1 Å². The van der Waals surface area contributed by atoms with Gasteiger partial charge in [-0.1, -0.05) is 0 Å². The summed E-state index contributed by atoms with van der Waals surface area (Å²) >= 11 is 3.30. The third-order valence-corrected chi connectivity index (χ3v) is 3.75. The zero-order valence-electron chi connectivity index (χ0n) is 11.2. The Morgan fingerprint density at radius 3 is 2.86 bits per heavy atom. The number of fused-ring (bicyclic) bond motifs is 1. The molecule has 3 aromatic rings. The van der Waals surface area contributed by atoms with Gasteiger partial charge in [-0.05, 0) is 53.2 Å². The highest BCUT2D eigenvalue weighted by Crippen LogP contribution is 2.27. The molecule has 0 unspecified atom stereocenters. The standard InChI is InChI=1S/C16H11BrFNO2/c1-9-13-6-11(18)3-5-15(13)21-16(9)14(20)7-12-4-2-10(17)8-19-12/h2-6,8H,7H2,1H3. The van der Waals surface area contributed by atoms with Crippen molar-refractivity contribution in [3.8, 4) is 0 Å². The molecule has 0 spiro atoms. The van der Waals surface area contributed by atoms with Gasteiger partial charge in [0.1, 0.15) is 11.4 Å². The van der Waals surface area contributed by atoms with Crippen LogP contribution in [0.25, 0.3) is 11.0 Å². The van der Waals surface area contributed by atoms with Gasteiger partial charge in [0.25, 0.3) is 0 Å². The molecule has 5 heteroatoms. The Morgan fingerprint density at radius 1 is 1.33 bits per heavy atom. The number of carbonyl (C=O) groups excluding carboxylic acids is 1. The Hall–Kier alpha value is -2.01. The second-order valence-corrected chi connectivity index (χ2v) is 5.68. The molecule has 3 nitrogen and oxygen atoms in total. The molecule has 0 saturated carbocycles. The third kappa shape index (κ3) is 2.74. The van der Waals surface area contributed by atoms with Crippen molar-refractivity contribution in [1.29, 1.82) is 0 Å². The largest absolute Gasteiger partial charge is 0.453 e. The zero-order chi connectivity index (χ0) is 15.0. The van der Waals surface area contributed by atoms with Crippen LogP contribution in [-0.4, -0.2) is 10.8 Å². The van der Waals surface area contributed by atoms with Gasteiger partial charge in [-0.3, -0.25) is 9.78 Å². The van der Waals surface area contributed by atoms with Crippen LogP contribution in [0.3, 0.4) is 0 Å². The summed E-state index contributed by atoms with van der Waals surface area (Å²) in [6, 6.07) is 7.83. The number of rotatable bonds is 3. The predicted octanol–water partition coefficient (Wildman–Crippen LogP) is 4.46. The van der Waals surface area contributed by atoms with E-state index in [1.165, 1.54) is 18.2 Å². The molecule has 0 saturated heterocycles. The summed E-state index contributed by atoms with van der Waals surface area (Å²) in [5.74, 6) is -0.251. The third-order valence-electron chi connectivity index (χ3n) is 3.28. The minimum atomic E-state index is -0.347. The van der Waals surface area contributed by atoms with Crippen LogP contribution in [0.15, 0.2) is 45.4 Å². The molecule has 0 aliphatic heterocycles. The number of nitrogens with zero attached hydrogens (tertiary/aromatic N) is 1. The quantitative estimate of drug-likeness (QED) is 0.656. The van der Waals surface area contributed by atoms with Crippen molar-refractivity contribution in [3.63, 3.8) is 0 Å². The lowest BCUT2D eigenvalue weighted by Crippen LogP contribution is -2.05. The van der Waals surface area contributed by atoms with E-state index < -0.39 is 0 Å². The van der Waals surface area contributed by atoms with Crippen LogP contribution < -0.4 is 0 Å². The van der Waals surface area contributed by atoms with Crippen LogP contribution in [-0.2, 0) is 6.42 Å². The fourth-order valence-electron chi connectivity index (χ4n) is 2.21. The summed E-state index contributed by atoms with van der Waals surface area (Å²) in [4.78, 5) is 16.5. The van der Waals surface area contributed by atoms with Crippen molar-refractivity contribution in [2.24, 2.45) is 0 Å². The fraction of sp³-hybridized carbons (Fsp3) is 0.125. The fourth-order valence-corrected chi connectivity index (χ4v) is 2.45. The number of benzene rings is 1. The van der Waals surface area contributed by atoms with Gasteiger partial charge < -0.3 is 4.42 Å². The molecule has 0 aliphatic carbocycles. The van der Waals surface area contributed by atoms with E-state index in [9.17, 15) is 9.18 Å². The second-order valence-electron chi connectivity index (χ2n) is 4.76. The summed E-state index contributed by atoms with van der Waals surface area (Å²) in [6.45, 7) is 1.76. The first-order valence-corrected chi connectivity index (χ1v) is 7.16. The van der Waals surface area contributed by atoms with Gasteiger partial charge in [0.15, 0.2) is 5.76 Å². The molecule has 0 atom stereocenters. The highest BCUT2D eigenvalue weighted by Gasteiger charge is 2.18. The molecule has 2 heterocycles. The maximum atomic E-state index is 13.3. The summed E-state index contributed by atoms with van der Waals surface area (Å²) in [7, 11) is 0. The van der Waals surface area contributed by atoms with Crippen molar-refractivity contribution in [1.82, 2.24) is 4.98 Å². The Labute approximate surface area is 128 Å². The molecule has 0 N–H and O–H groups in total. The summed E-state index contributed by atoms with van der Waals surface area (Å²) < 4.78 is 19.7. The predicted molar refractivity (Wildman–Crippen MR) is 80.9 cm³/mol. The minimum Gasteiger partial charge on any atom is -0.453 e. The van der Waals surface area contributed by atoms with Crippen molar-refractivity contribution >= 4 is 32.7 Å². The van der Waals surface area contributed by atoms with E-state index in [0.717, 1.165) is 4.47 Å². The summed E-state index contributed by atoms with van der Waals surface area (Å²) in [6.07, 6.45) is 1.79.